The van der Waals surface area contributed by atoms with Gasteiger partial charge in [0.05, 0.1) is 0 Å². The topological polar surface area (TPSA) is 38.5 Å². The summed E-state index contributed by atoms with van der Waals surface area (Å²) in [6, 6.07) is 8.13. The second-order valence-electron chi connectivity index (χ2n) is 4.28. The third-order valence-electron chi connectivity index (χ3n) is 2.78. The van der Waals surface area contributed by atoms with Crippen LogP contribution in [0.3, 0.4) is 0 Å². The fourth-order valence-electron chi connectivity index (χ4n) is 1.87. The van der Waals surface area contributed by atoms with E-state index in [4.69, 9.17) is 10.5 Å². The second-order valence-corrected chi connectivity index (χ2v) is 4.28. The summed E-state index contributed by atoms with van der Waals surface area (Å²) in [4.78, 5) is 2.41. The molecule has 0 aliphatic heterocycles. The summed E-state index contributed by atoms with van der Waals surface area (Å²) in [6.07, 6.45) is 3.44. The summed E-state index contributed by atoms with van der Waals surface area (Å²) in [6.45, 7) is 5.24. The largest absolute Gasteiger partial charge is 0.399 e. The summed E-state index contributed by atoms with van der Waals surface area (Å²) in [5, 5.41) is 0. The molecule has 0 aromatic heterocycles. The Morgan fingerprint density at radius 2 is 1.82 bits per heavy atom. The lowest BCUT2D eigenvalue weighted by molar-refractivity contribution is 0.193. The molecule has 1 aromatic carbocycles. The minimum Gasteiger partial charge on any atom is -0.399 e. The van der Waals surface area contributed by atoms with Crippen LogP contribution < -0.4 is 10.6 Å². The number of ether oxygens (including phenoxy) is 1. The predicted molar refractivity (Wildman–Crippen MR) is 74.5 cm³/mol. The fourth-order valence-corrected chi connectivity index (χ4v) is 1.87. The van der Waals surface area contributed by atoms with E-state index in [9.17, 15) is 0 Å². The quantitative estimate of drug-likeness (QED) is 0.557. The standard InChI is InChI=1S/C14H24N2O/c1-3-10-16(11-4-5-12-17-2)14-8-6-13(15)7-9-14/h6-9H,3-5,10-12,15H2,1-2H3. The SMILES string of the molecule is CCCN(CCCCOC)c1ccc(N)cc1. The average molecular weight is 236 g/mol. The van der Waals surface area contributed by atoms with Crippen LogP contribution in [0.15, 0.2) is 24.3 Å². The Bertz CT molecular complexity index is 298. The molecule has 2 N–H and O–H groups in total. The van der Waals surface area contributed by atoms with E-state index < -0.39 is 0 Å². The Morgan fingerprint density at radius 1 is 1.12 bits per heavy atom. The van der Waals surface area contributed by atoms with E-state index >= 15 is 0 Å². The van der Waals surface area contributed by atoms with Crippen LogP contribution in [-0.2, 0) is 4.74 Å². The highest BCUT2D eigenvalue weighted by atomic mass is 16.5. The summed E-state index contributed by atoms with van der Waals surface area (Å²) in [5.74, 6) is 0. The Balaban J connectivity index is 2.49. The average Bonchev–Trinajstić information content (AvgIpc) is 2.34. The molecule has 0 bridgehead atoms. The zero-order valence-electron chi connectivity index (χ0n) is 11.0. The monoisotopic (exact) mass is 236 g/mol. The molecule has 0 aliphatic rings. The molecule has 0 saturated heterocycles. The lowest BCUT2D eigenvalue weighted by Gasteiger charge is -2.24. The first-order valence-corrected chi connectivity index (χ1v) is 6.37. The van der Waals surface area contributed by atoms with Gasteiger partial charge in [-0.2, -0.15) is 0 Å². The van der Waals surface area contributed by atoms with Crippen molar-refractivity contribution in [2.45, 2.75) is 26.2 Å². The first-order valence-electron chi connectivity index (χ1n) is 6.37. The number of methoxy groups -OCH3 is 1. The molecule has 1 rings (SSSR count). The third kappa shape index (κ3) is 5.09. The molecule has 0 heterocycles. The van der Waals surface area contributed by atoms with Crippen molar-refractivity contribution in [2.75, 3.05) is 37.4 Å². The highest BCUT2D eigenvalue weighted by Gasteiger charge is 2.04. The van der Waals surface area contributed by atoms with E-state index in [1.54, 1.807) is 7.11 Å². The van der Waals surface area contributed by atoms with Gasteiger partial charge in [-0.3, -0.25) is 0 Å². The Kier molecular flexibility index (Phi) is 6.48. The molecule has 0 amide bonds. The minimum atomic E-state index is 0.824. The fraction of sp³-hybridized carbons (Fsp3) is 0.571. The van der Waals surface area contributed by atoms with Crippen LogP contribution in [0.5, 0.6) is 0 Å². The van der Waals surface area contributed by atoms with Crippen molar-refractivity contribution in [1.82, 2.24) is 0 Å². The number of nitrogen functional groups attached to an aromatic ring is 1. The predicted octanol–water partition coefficient (Wildman–Crippen LogP) is 2.91. The number of hydrogen-bond donors (Lipinski definition) is 1. The highest BCUT2D eigenvalue weighted by molar-refractivity contribution is 5.53. The second kappa shape index (κ2) is 7.96. The molecule has 17 heavy (non-hydrogen) atoms. The number of nitrogens with two attached hydrogens (primary N) is 1. The molecule has 0 fully saturated rings. The van der Waals surface area contributed by atoms with Gasteiger partial charge < -0.3 is 15.4 Å². The molecule has 0 radical (unpaired) electrons. The van der Waals surface area contributed by atoms with Crippen LogP contribution in [0.25, 0.3) is 0 Å². The van der Waals surface area contributed by atoms with E-state index in [1.165, 1.54) is 5.69 Å². The molecule has 1 aromatic rings. The van der Waals surface area contributed by atoms with Gasteiger partial charge in [-0.15, -0.1) is 0 Å². The molecule has 3 nitrogen and oxygen atoms in total. The van der Waals surface area contributed by atoms with Gasteiger partial charge in [0.25, 0.3) is 0 Å². The molecule has 0 aliphatic carbocycles. The molecule has 0 saturated carbocycles. The van der Waals surface area contributed by atoms with Gasteiger partial charge in [0.2, 0.25) is 0 Å². The van der Waals surface area contributed by atoms with E-state index in [0.717, 1.165) is 44.6 Å². The zero-order valence-corrected chi connectivity index (χ0v) is 11.0. The van der Waals surface area contributed by atoms with Gasteiger partial charge >= 0.3 is 0 Å². The van der Waals surface area contributed by atoms with Crippen molar-refractivity contribution in [1.29, 1.82) is 0 Å². The number of nitrogens with zero attached hydrogens (tertiary/aromatic N) is 1. The zero-order chi connectivity index (χ0) is 12.5. The molecule has 0 atom stereocenters. The van der Waals surface area contributed by atoms with Gasteiger partial charge in [-0.05, 0) is 43.5 Å². The molecular formula is C14H24N2O. The van der Waals surface area contributed by atoms with Gasteiger partial charge in [0.1, 0.15) is 0 Å². The van der Waals surface area contributed by atoms with Crippen molar-refractivity contribution < 1.29 is 4.74 Å². The van der Waals surface area contributed by atoms with Gasteiger partial charge in [-0.1, -0.05) is 6.92 Å². The van der Waals surface area contributed by atoms with Crippen LogP contribution in [0.1, 0.15) is 26.2 Å². The van der Waals surface area contributed by atoms with Crippen molar-refractivity contribution in [3.8, 4) is 0 Å². The van der Waals surface area contributed by atoms with Crippen LogP contribution in [0.2, 0.25) is 0 Å². The van der Waals surface area contributed by atoms with Gasteiger partial charge in [0.15, 0.2) is 0 Å². The van der Waals surface area contributed by atoms with Crippen molar-refractivity contribution >= 4 is 11.4 Å². The number of benzene rings is 1. The van der Waals surface area contributed by atoms with E-state index in [-0.39, 0.29) is 0 Å². The summed E-state index contributed by atoms with van der Waals surface area (Å²) < 4.78 is 5.07. The van der Waals surface area contributed by atoms with Crippen LogP contribution >= 0.6 is 0 Å². The normalized spacial score (nSPS) is 10.5. The van der Waals surface area contributed by atoms with Crippen molar-refractivity contribution in [3.63, 3.8) is 0 Å². The maximum absolute atomic E-state index is 5.71. The number of rotatable bonds is 8. The van der Waals surface area contributed by atoms with E-state index in [0.29, 0.717) is 0 Å². The maximum atomic E-state index is 5.71. The van der Waals surface area contributed by atoms with Crippen LogP contribution in [-0.4, -0.2) is 26.8 Å². The highest BCUT2D eigenvalue weighted by Crippen LogP contribution is 2.17. The molecular weight excluding hydrogens is 212 g/mol. The Labute approximate surface area is 105 Å². The van der Waals surface area contributed by atoms with Crippen LogP contribution in [0, 0.1) is 0 Å². The van der Waals surface area contributed by atoms with Crippen LogP contribution in [0.4, 0.5) is 11.4 Å². The van der Waals surface area contributed by atoms with Crippen molar-refractivity contribution in [2.24, 2.45) is 0 Å². The number of anilines is 2. The first kappa shape index (κ1) is 13.8. The lowest BCUT2D eigenvalue weighted by Crippen LogP contribution is -2.25. The van der Waals surface area contributed by atoms with Gasteiger partial charge in [-0.25, -0.2) is 0 Å². The molecule has 96 valence electrons. The third-order valence-corrected chi connectivity index (χ3v) is 2.78. The first-order chi connectivity index (χ1) is 8.27. The number of hydrogen-bond acceptors (Lipinski definition) is 3. The Hall–Kier alpha value is -1.22. The summed E-state index contributed by atoms with van der Waals surface area (Å²) in [5.41, 5.74) is 7.79. The molecule has 0 unspecified atom stereocenters. The minimum absolute atomic E-state index is 0.824. The van der Waals surface area contributed by atoms with E-state index in [2.05, 4.69) is 24.0 Å². The smallest absolute Gasteiger partial charge is 0.0462 e. The van der Waals surface area contributed by atoms with Gasteiger partial charge in [0, 0.05) is 38.2 Å². The maximum Gasteiger partial charge on any atom is 0.0462 e. The number of unbranched alkanes of at least 4 members (excludes halogenated alkanes) is 1. The Morgan fingerprint density at radius 3 is 2.41 bits per heavy atom. The summed E-state index contributed by atoms with van der Waals surface area (Å²) >= 11 is 0. The molecule has 3 heteroatoms. The van der Waals surface area contributed by atoms with E-state index in [1.807, 2.05) is 12.1 Å². The summed E-state index contributed by atoms with van der Waals surface area (Å²) in [7, 11) is 1.75. The van der Waals surface area contributed by atoms with Crippen molar-refractivity contribution in [3.05, 3.63) is 24.3 Å². The lowest BCUT2D eigenvalue weighted by atomic mass is 10.2. The molecule has 0 spiro atoms.